The number of rotatable bonds is 2. The van der Waals surface area contributed by atoms with Gasteiger partial charge in [0.05, 0.1) is 0 Å². The predicted octanol–water partition coefficient (Wildman–Crippen LogP) is 3.20. The summed E-state index contributed by atoms with van der Waals surface area (Å²) in [6, 6.07) is 5.31. The summed E-state index contributed by atoms with van der Waals surface area (Å²) < 4.78 is 4.98. The van der Waals surface area contributed by atoms with Gasteiger partial charge in [0.2, 0.25) is 0 Å². The van der Waals surface area contributed by atoms with Crippen LogP contribution in [0, 0.1) is 13.8 Å². The van der Waals surface area contributed by atoms with Gasteiger partial charge in [0.1, 0.15) is 6.26 Å². The number of hydrogen-bond donors (Lipinski definition) is 1. The number of hydrogen-bond acceptors (Lipinski definition) is 3. The first-order valence-corrected chi connectivity index (χ1v) is 5.43. The van der Waals surface area contributed by atoms with E-state index in [0.29, 0.717) is 16.6 Å². The van der Waals surface area contributed by atoms with E-state index in [1.165, 1.54) is 6.26 Å². The van der Waals surface area contributed by atoms with Crippen LogP contribution in [0.1, 0.15) is 21.9 Å². The van der Waals surface area contributed by atoms with Crippen LogP contribution in [-0.2, 0) is 0 Å². The highest BCUT2D eigenvalue weighted by molar-refractivity contribution is 6.31. The van der Waals surface area contributed by atoms with Gasteiger partial charge in [-0.1, -0.05) is 17.7 Å². The van der Waals surface area contributed by atoms with Crippen molar-refractivity contribution in [3.8, 4) is 0 Å². The molecule has 0 aliphatic heterocycles. The maximum atomic E-state index is 11.8. The molecule has 0 spiro atoms. The number of nitrogens with zero attached hydrogens (tertiary/aromatic N) is 1. The molecule has 2 aromatic rings. The Morgan fingerprint density at radius 1 is 1.41 bits per heavy atom. The minimum Gasteiger partial charge on any atom is -0.448 e. The van der Waals surface area contributed by atoms with Crippen molar-refractivity contribution in [3.63, 3.8) is 0 Å². The Morgan fingerprint density at radius 2 is 2.18 bits per heavy atom. The molecule has 1 N–H and O–H groups in total. The van der Waals surface area contributed by atoms with Crippen molar-refractivity contribution in [1.82, 2.24) is 4.98 Å². The van der Waals surface area contributed by atoms with Crippen LogP contribution >= 0.6 is 11.6 Å². The van der Waals surface area contributed by atoms with Crippen LogP contribution in [0.15, 0.2) is 28.9 Å². The van der Waals surface area contributed by atoms with Gasteiger partial charge in [0.15, 0.2) is 11.6 Å². The molecule has 0 aliphatic rings. The smallest absolute Gasteiger partial charge is 0.277 e. The third-order valence-corrected chi connectivity index (χ3v) is 2.53. The van der Waals surface area contributed by atoms with Crippen molar-refractivity contribution in [1.29, 1.82) is 0 Å². The summed E-state index contributed by atoms with van der Waals surface area (Å²) in [5.74, 6) is 0.144. The molecule has 5 heteroatoms. The number of carbonyl (C=O) groups is 1. The van der Waals surface area contributed by atoms with Gasteiger partial charge in [0, 0.05) is 17.6 Å². The number of aromatic nitrogens is 1. The summed E-state index contributed by atoms with van der Waals surface area (Å²) in [4.78, 5) is 15.8. The summed E-state index contributed by atoms with van der Waals surface area (Å²) in [7, 11) is 0. The first kappa shape index (κ1) is 11.7. The summed E-state index contributed by atoms with van der Waals surface area (Å²) in [6.45, 7) is 3.57. The number of carbonyl (C=O) groups excluding carboxylic acids is 1. The Kier molecular flexibility index (Phi) is 3.15. The van der Waals surface area contributed by atoms with Crippen molar-refractivity contribution < 1.29 is 9.21 Å². The van der Waals surface area contributed by atoms with E-state index < -0.39 is 0 Å². The topological polar surface area (TPSA) is 55.1 Å². The summed E-state index contributed by atoms with van der Waals surface area (Å²) in [5.41, 5.74) is 1.85. The fraction of sp³-hybridized carbons (Fsp3) is 0.167. The lowest BCUT2D eigenvalue weighted by molar-refractivity contribution is 0.102. The highest BCUT2D eigenvalue weighted by Gasteiger charge is 2.11. The highest BCUT2D eigenvalue weighted by Crippen LogP contribution is 2.20. The number of halogens is 1. The van der Waals surface area contributed by atoms with Gasteiger partial charge in [-0.15, -0.1) is 0 Å². The third kappa shape index (κ3) is 2.65. The van der Waals surface area contributed by atoms with Gasteiger partial charge in [-0.2, -0.15) is 0 Å². The molecule has 0 aliphatic carbocycles. The van der Waals surface area contributed by atoms with Crippen molar-refractivity contribution in [2.45, 2.75) is 13.8 Å². The molecule has 1 aromatic heterocycles. The third-order valence-electron chi connectivity index (χ3n) is 2.30. The number of aryl methyl sites for hydroxylation is 2. The van der Waals surface area contributed by atoms with E-state index in [9.17, 15) is 4.79 Å². The molecule has 2 rings (SSSR count). The summed E-state index contributed by atoms with van der Waals surface area (Å²) in [6.07, 6.45) is 1.32. The zero-order valence-corrected chi connectivity index (χ0v) is 10.2. The maximum Gasteiger partial charge on any atom is 0.277 e. The monoisotopic (exact) mass is 250 g/mol. The second-order valence-corrected chi connectivity index (χ2v) is 4.10. The lowest BCUT2D eigenvalue weighted by Gasteiger charge is -2.06. The molecule has 0 saturated carbocycles. The van der Waals surface area contributed by atoms with Gasteiger partial charge in [-0.3, -0.25) is 4.79 Å². The Labute approximate surface area is 104 Å². The first-order valence-electron chi connectivity index (χ1n) is 5.06. The molecule has 0 saturated heterocycles. The number of amides is 1. The second-order valence-electron chi connectivity index (χ2n) is 3.67. The quantitative estimate of drug-likeness (QED) is 0.891. The summed E-state index contributed by atoms with van der Waals surface area (Å²) in [5, 5.41) is 3.31. The van der Waals surface area contributed by atoms with Crippen LogP contribution in [0.5, 0.6) is 0 Å². The van der Waals surface area contributed by atoms with Crippen molar-refractivity contribution in [2.24, 2.45) is 0 Å². The average Bonchev–Trinajstić information content (AvgIpc) is 2.70. The molecule has 0 fully saturated rings. The number of nitrogens with one attached hydrogen (secondary N) is 1. The standard InChI is InChI=1S/C12H11ClN2O2/c1-7-3-4-9(13)5-10(7)15-12(16)11-6-17-8(2)14-11/h3-6H,1-2H3,(H,15,16). The van der Waals surface area contributed by atoms with E-state index in [0.717, 1.165) is 5.56 Å². The molecule has 1 aromatic carbocycles. The Bertz CT molecular complexity index is 563. The van der Waals surface area contributed by atoms with Crippen molar-refractivity contribution in [2.75, 3.05) is 5.32 Å². The number of benzene rings is 1. The largest absolute Gasteiger partial charge is 0.448 e. The van der Waals surface area contributed by atoms with Crippen LogP contribution in [-0.4, -0.2) is 10.9 Å². The lowest BCUT2D eigenvalue weighted by atomic mass is 10.2. The predicted molar refractivity (Wildman–Crippen MR) is 65.4 cm³/mol. The zero-order chi connectivity index (χ0) is 12.4. The van der Waals surface area contributed by atoms with Gasteiger partial charge in [-0.05, 0) is 24.6 Å². The molecule has 0 radical (unpaired) electrons. The van der Waals surface area contributed by atoms with Gasteiger partial charge >= 0.3 is 0 Å². The normalized spacial score (nSPS) is 10.3. The second kappa shape index (κ2) is 4.59. The molecule has 0 unspecified atom stereocenters. The molecule has 1 amide bonds. The van der Waals surface area contributed by atoms with Crippen LogP contribution in [0.25, 0.3) is 0 Å². The van der Waals surface area contributed by atoms with Crippen molar-refractivity contribution >= 4 is 23.2 Å². The zero-order valence-electron chi connectivity index (χ0n) is 9.45. The van der Waals surface area contributed by atoms with Gasteiger partial charge in [-0.25, -0.2) is 4.98 Å². The van der Waals surface area contributed by atoms with E-state index in [4.69, 9.17) is 16.0 Å². The van der Waals surface area contributed by atoms with E-state index in [1.807, 2.05) is 13.0 Å². The molecule has 4 nitrogen and oxygen atoms in total. The van der Waals surface area contributed by atoms with Crippen LogP contribution in [0.3, 0.4) is 0 Å². The lowest BCUT2D eigenvalue weighted by Crippen LogP contribution is -2.13. The Morgan fingerprint density at radius 3 is 2.82 bits per heavy atom. The molecule has 0 atom stereocenters. The van der Waals surface area contributed by atoms with Crippen LogP contribution < -0.4 is 5.32 Å². The minimum absolute atomic E-state index is 0.252. The molecular weight excluding hydrogens is 240 g/mol. The van der Waals surface area contributed by atoms with E-state index in [2.05, 4.69) is 10.3 Å². The van der Waals surface area contributed by atoms with Crippen LogP contribution in [0.2, 0.25) is 5.02 Å². The molecule has 1 heterocycles. The number of anilines is 1. The maximum absolute atomic E-state index is 11.8. The van der Waals surface area contributed by atoms with E-state index >= 15 is 0 Å². The Hall–Kier alpha value is -1.81. The molecule has 88 valence electrons. The fourth-order valence-electron chi connectivity index (χ4n) is 1.38. The minimum atomic E-state index is -0.313. The average molecular weight is 251 g/mol. The van der Waals surface area contributed by atoms with Crippen molar-refractivity contribution in [3.05, 3.63) is 46.6 Å². The Balaban J connectivity index is 2.21. The number of oxazole rings is 1. The van der Waals surface area contributed by atoms with E-state index in [1.54, 1.807) is 19.1 Å². The SMILES string of the molecule is Cc1nc(C(=O)Nc2cc(Cl)ccc2C)co1. The summed E-state index contributed by atoms with van der Waals surface area (Å²) >= 11 is 5.86. The first-order chi connectivity index (χ1) is 8.06. The fourth-order valence-corrected chi connectivity index (χ4v) is 1.56. The van der Waals surface area contributed by atoms with E-state index in [-0.39, 0.29) is 11.6 Å². The molecule has 0 bridgehead atoms. The van der Waals surface area contributed by atoms with Crippen LogP contribution in [0.4, 0.5) is 5.69 Å². The van der Waals surface area contributed by atoms with Gasteiger partial charge in [0.25, 0.3) is 5.91 Å². The molecular formula is C12H11ClN2O2. The van der Waals surface area contributed by atoms with Gasteiger partial charge < -0.3 is 9.73 Å². The highest BCUT2D eigenvalue weighted by atomic mass is 35.5. The molecule has 17 heavy (non-hydrogen) atoms.